The monoisotopic (exact) mass is 388 g/mol. The predicted octanol–water partition coefficient (Wildman–Crippen LogP) is 1.75. The number of carbonyl (C=O) groups is 1. The van der Waals surface area contributed by atoms with E-state index in [1.807, 2.05) is 23.1 Å². The van der Waals surface area contributed by atoms with Crippen LogP contribution in [0.25, 0.3) is 0 Å². The topological polar surface area (TPSA) is 89.2 Å². The molecule has 0 spiro atoms. The van der Waals surface area contributed by atoms with Crippen LogP contribution in [-0.2, 0) is 24.3 Å². The molecule has 7 nitrogen and oxygen atoms in total. The lowest BCUT2D eigenvalue weighted by molar-refractivity contribution is -0.130. The molecule has 0 saturated heterocycles. The fourth-order valence-corrected chi connectivity index (χ4v) is 3.84. The van der Waals surface area contributed by atoms with Crippen LogP contribution in [0, 0.1) is 0 Å². The summed E-state index contributed by atoms with van der Waals surface area (Å²) in [5.41, 5.74) is 8.08. The molecule has 1 aromatic heterocycles. The molecule has 0 atom stereocenters. The van der Waals surface area contributed by atoms with E-state index in [1.165, 1.54) is 10.4 Å². The molecular formula is C19H24N4O3S. The van der Waals surface area contributed by atoms with E-state index in [1.54, 1.807) is 25.6 Å². The van der Waals surface area contributed by atoms with Gasteiger partial charge in [-0.15, -0.1) is 11.3 Å². The first-order valence-corrected chi connectivity index (χ1v) is 9.56. The number of aliphatic imine (C=N–C) groups is 1. The molecule has 3 rings (SSSR count). The molecule has 1 aliphatic heterocycles. The van der Waals surface area contributed by atoms with E-state index in [0.29, 0.717) is 24.6 Å². The highest BCUT2D eigenvalue weighted by atomic mass is 32.1. The average molecular weight is 388 g/mol. The number of thiophene rings is 1. The number of carbonyl (C=O) groups excluding carboxylic acids is 1. The Morgan fingerprint density at radius 1 is 1.30 bits per heavy atom. The Morgan fingerprint density at radius 3 is 2.89 bits per heavy atom. The SMILES string of the molecule is COc1ccc(CN=C(N)NCC(=O)N2CCc3sccc3C2)cc1OC. The van der Waals surface area contributed by atoms with Crippen LogP contribution in [0.5, 0.6) is 11.5 Å². The van der Waals surface area contributed by atoms with Crippen molar-refractivity contribution in [2.75, 3.05) is 27.3 Å². The van der Waals surface area contributed by atoms with E-state index in [4.69, 9.17) is 15.2 Å². The van der Waals surface area contributed by atoms with E-state index >= 15 is 0 Å². The molecule has 0 bridgehead atoms. The maximum atomic E-state index is 12.4. The van der Waals surface area contributed by atoms with Crippen molar-refractivity contribution in [1.82, 2.24) is 10.2 Å². The van der Waals surface area contributed by atoms with Crippen LogP contribution < -0.4 is 20.5 Å². The van der Waals surface area contributed by atoms with Crippen LogP contribution in [0.4, 0.5) is 0 Å². The quantitative estimate of drug-likeness (QED) is 0.581. The molecule has 8 heteroatoms. The summed E-state index contributed by atoms with van der Waals surface area (Å²) < 4.78 is 10.5. The number of hydrogen-bond donors (Lipinski definition) is 2. The lowest BCUT2D eigenvalue weighted by atomic mass is 10.1. The number of benzene rings is 1. The smallest absolute Gasteiger partial charge is 0.242 e. The number of nitrogens with two attached hydrogens (primary N) is 1. The van der Waals surface area contributed by atoms with Crippen LogP contribution in [0.3, 0.4) is 0 Å². The van der Waals surface area contributed by atoms with Crippen molar-refractivity contribution < 1.29 is 14.3 Å². The molecule has 2 aromatic rings. The van der Waals surface area contributed by atoms with Gasteiger partial charge >= 0.3 is 0 Å². The van der Waals surface area contributed by atoms with Gasteiger partial charge in [-0.2, -0.15) is 0 Å². The summed E-state index contributed by atoms with van der Waals surface area (Å²) in [7, 11) is 3.18. The van der Waals surface area contributed by atoms with Gasteiger partial charge in [-0.25, -0.2) is 4.99 Å². The standard InChI is InChI=1S/C19H24N4O3S/c1-25-15-4-3-13(9-16(15)26-2)10-21-19(20)22-11-18(24)23-7-5-17-14(12-23)6-8-27-17/h3-4,6,8-9H,5,7,10-12H2,1-2H3,(H3,20,21,22). The molecule has 3 N–H and O–H groups in total. The molecule has 1 amide bonds. The van der Waals surface area contributed by atoms with Crippen molar-refractivity contribution in [2.24, 2.45) is 10.7 Å². The summed E-state index contributed by atoms with van der Waals surface area (Å²) in [5, 5.41) is 4.98. The van der Waals surface area contributed by atoms with Crippen LogP contribution in [0.1, 0.15) is 16.0 Å². The van der Waals surface area contributed by atoms with Gasteiger partial charge in [0.2, 0.25) is 5.91 Å². The van der Waals surface area contributed by atoms with E-state index in [0.717, 1.165) is 18.5 Å². The van der Waals surface area contributed by atoms with E-state index in [-0.39, 0.29) is 18.4 Å². The number of amides is 1. The lowest BCUT2D eigenvalue weighted by Crippen LogP contribution is -2.44. The third-order valence-electron chi connectivity index (χ3n) is 4.46. The van der Waals surface area contributed by atoms with Crippen LogP contribution in [0.2, 0.25) is 0 Å². The Kier molecular flexibility index (Phi) is 6.18. The summed E-state index contributed by atoms with van der Waals surface area (Å²) in [6.45, 7) is 1.94. The Bertz CT molecular complexity index is 834. The maximum absolute atomic E-state index is 12.4. The first-order chi connectivity index (χ1) is 13.1. The van der Waals surface area contributed by atoms with Crippen LogP contribution in [0.15, 0.2) is 34.6 Å². The largest absolute Gasteiger partial charge is 0.493 e. The van der Waals surface area contributed by atoms with Gasteiger partial charge in [-0.3, -0.25) is 4.79 Å². The minimum atomic E-state index is 0.0242. The Morgan fingerprint density at radius 2 is 2.11 bits per heavy atom. The zero-order valence-corrected chi connectivity index (χ0v) is 16.3. The number of nitrogens with one attached hydrogen (secondary N) is 1. The summed E-state index contributed by atoms with van der Waals surface area (Å²) in [4.78, 5) is 19.9. The highest BCUT2D eigenvalue weighted by Crippen LogP contribution is 2.27. The normalized spacial score (nSPS) is 13.9. The molecule has 27 heavy (non-hydrogen) atoms. The van der Waals surface area contributed by atoms with E-state index in [9.17, 15) is 4.79 Å². The number of nitrogens with zero attached hydrogens (tertiary/aromatic N) is 2. The second-order valence-corrected chi connectivity index (χ2v) is 7.18. The van der Waals surface area contributed by atoms with Crippen molar-refractivity contribution in [3.8, 4) is 11.5 Å². The summed E-state index contributed by atoms with van der Waals surface area (Å²) in [6, 6.07) is 7.67. The van der Waals surface area contributed by atoms with Gasteiger partial charge in [0.25, 0.3) is 0 Å². The highest BCUT2D eigenvalue weighted by molar-refractivity contribution is 7.10. The Hall–Kier alpha value is -2.74. The summed E-state index contributed by atoms with van der Waals surface area (Å²) in [5.74, 6) is 1.57. The number of guanidine groups is 1. The first-order valence-electron chi connectivity index (χ1n) is 8.68. The molecule has 0 aliphatic carbocycles. The van der Waals surface area contributed by atoms with E-state index < -0.39 is 0 Å². The average Bonchev–Trinajstić information content (AvgIpc) is 3.17. The highest BCUT2D eigenvalue weighted by Gasteiger charge is 2.21. The van der Waals surface area contributed by atoms with E-state index in [2.05, 4.69) is 21.8 Å². The molecule has 144 valence electrons. The minimum absolute atomic E-state index is 0.0242. The lowest BCUT2D eigenvalue weighted by Gasteiger charge is -2.27. The number of hydrogen-bond acceptors (Lipinski definition) is 5. The van der Waals surface area contributed by atoms with Crippen LogP contribution >= 0.6 is 11.3 Å². The number of methoxy groups -OCH3 is 2. The molecule has 1 aliphatic rings. The van der Waals surface area contributed by atoms with Crippen molar-refractivity contribution >= 4 is 23.2 Å². The zero-order valence-electron chi connectivity index (χ0n) is 15.5. The van der Waals surface area contributed by atoms with Crippen molar-refractivity contribution in [2.45, 2.75) is 19.5 Å². The molecule has 0 saturated carbocycles. The Balaban J connectivity index is 1.50. The molecule has 0 unspecified atom stereocenters. The van der Waals surface area contributed by atoms with Crippen LogP contribution in [-0.4, -0.2) is 44.1 Å². The van der Waals surface area contributed by atoms with Gasteiger partial charge in [-0.1, -0.05) is 6.07 Å². The summed E-state index contributed by atoms with van der Waals surface area (Å²) in [6.07, 6.45) is 0.918. The molecule has 2 heterocycles. The number of ether oxygens (including phenoxy) is 2. The fourth-order valence-electron chi connectivity index (χ4n) is 2.95. The van der Waals surface area contributed by atoms with Gasteiger partial charge in [0.1, 0.15) is 0 Å². The molecule has 1 aromatic carbocycles. The van der Waals surface area contributed by atoms with Crippen molar-refractivity contribution in [3.63, 3.8) is 0 Å². The third kappa shape index (κ3) is 4.71. The summed E-state index contributed by atoms with van der Waals surface area (Å²) >= 11 is 1.76. The second kappa shape index (κ2) is 8.77. The maximum Gasteiger partial charge on any atom is 0.242 e. The molecule has 0 fully saturated rings. The molecule has 0 radical (unpaired) electrons. The number of fused-ring (bicyclic) bond motifs is 1. The van der Waals surface area contributed by atoms with Crippen molar-refractivity contribution in [1.29, 1.82) is 0 Å². The van der Waals surface area contributed by atoms with Gasteiger partial charge in [-0.05, 0) is 41.1 Å². The Labute approximate surface area is 162 Å². The van der Waals surface area contributed by atoms with Gasteiger partial charge < -0.3 is 25.4 Å². The zero-order chi connectivity index (χ0) is 19.2. The first kappa shape index (κ1) is 19.0. The number of rotatable bonds is 6. The third-order valence-corrected chi connectivity index (χ3v) is 5.48. The van der Waals surface area contributed by atoms with Gasteiger partial charge in [0.05, 0.1) is 27.3 Å². The van der Waals surface area contributed by atoms with Gasteiger partial charge in [0, 0.05) is 18.0 Å². The second-order valence-electron chi connectivity index (χ2n) is 6.18. The fraction of sp³-hybridized carbons (Fsp3) is 0.368. The predicted molar refractivity (Wildman–Crippen MR) is 106 cm³/mol. The molecular weight excluding hydrogens is 364 g/mol. The van der Waals surface area contributed by atoms with Crippen molar-refractivity contribution in [3.05, 3.63) is 45.6 Å². The van der Waals surface area contributed by atoms with Gasteiger partial charge in [0.15, 0.2) is 17.5 Å². The minimum Gasteiger partial charge on any atom is -0.493 e.